The topological polar surface area (TPSA) is 102 Å². The third kappa shape index (κ3) is 1.62. The predicted molar refractivity (Wildman–Crippen MR) is 49.3 cm³/mol. The van der Waals surface area contributed by atoms with Crippen LogP contribution < -0.4 is 10.7 Å². The number of non-ortho nitro benzene ring substituents is 1. The second-order valence-corrected chi connectivity index (χ2v) is 3.51. The Labute approximate surface area is 84.1 Å². The maximum atomic E-state index is 10.5. The van der Waals surface area contributed by atoms with E-state index in [1.165, 1.54) is 18.2 Å². The average Bonchev–Trinajstić information content (AvgIpc) is 2.59. The first-order valence-corrected chi connectivity index (χ1v) is 4.83. The van der Waals surface area contributed by atoms with Crippen LogP contribution in [-0.2, 0) is 10.3 Å². The first kappa shape index (κ1) is 9.46. The van der Waals surface area contributed by atoms with Crippen LogP contribution in [0.5, 0.6) is 0 Å². The van der Waals surface area contributed by atoms with Gasteiger partial charge in [0.15, 0.2) is 0 Å². The van der Waals surface area contributed by atoms with Gasteiger partial charge < -0.3 is 0 Å². The number of hydrogen-bond acceptors (Lipinski definition) is 4. The van der Waals surface area contributed by atoms with E-state index in [-0.39, 0.29) is 16.2 Å². The maximum Gasteiger partial charge on any atom is 0.277 e. The Kier molecular flexibility index (Phi) is 2.05. The van der Waals surface area contributed by atoms with Crippen molar-refractivity contribution in [1.29, 1.82) is 0 Å². The summed E-state index contributed by atoms with van der Waals surface area (Å²) in [6.45, 7) is 0. The zero-order chi connectivity index (χ0) is 11.0. The minimum Gasteiger partial charge on any atom is -0.258 e. The number of fused-ring (bicyclic) bond motifs is 1. The number of hydrogen-bond donors (Lipinski definition) is 0. The second kappa shape index (κ2) is 3.24. The standard InChI is InChI=1S/C7H3N3O4S/c11-10(12)4-1-2-5-6(3-4)9-7(8-5)15(13)14/h1-3H. The molecule has 1 aliphatic heterocycles. The van der Waals surface area contributed by atoms with Crippen LogP contribution in [0.15, 0.2) is 28.2 Å². The molecule has 0 atom stereocenters. The molecule has 7 nitrogen and oxygen atoms in total. The van der Waals surface area contributed by atoms with Gasteiger partial charge in [-0.15, -0.1) is 0 Å². The zero-order valence-corrected chi connectivity index (χ0v) is 7.93. The number of benzene rings is 1. The van der Waals surface area contributed by atoms with E-state index < -0.39 is 15.2 Å². The molecule has 8 heteroatoms. The lowest BCUT2D eigenvalue weighted by molar-refractivity contribution is -0.385. The van der Waals surface area contributed by atoms with E-state index in [9.17, 15) is 18.5 Å². The summed E-state index contributed by atoms with van der Waals surface area (Å²) in [7, 11) is -2.52. The van der Waals surface area contributed by atoms with E-state index in [0.717, 1.165) is 0 Å². The van der Waals surface area contributed by atoms with Crippen molar-refractivity contribution in [3.05, 3.63) is 39.0 Å². The summed E-state index contributed by atoms with van der Waals surface area (Å²) in [5.74, 6) is 0. The first-order chi connectivity index (χ1) is 7.08. The van der Waals surface area contributed by atoms with Crippen molar-refractivity contribution in [2.45, 2.75) is 0 Å². The van der Waals surface area contributed by atoms with Gasteiger partial charge in [-0.1, -0.05) is 0 Å². The highest BCUT2D eigenvalue weighted by Crippen LogP contribution is 2.03. The van der Waals surface area contributed by atoms with Crippen LogP contribution >= 0.6 is 0 Å². The Hall–Kier alpha value is -2.09. The van der Waals surface area contributed by atoms with Gasteiger partial charge in [0.1, 0.15) is 0 Å². The van der Waals surface area contributed by atoms with Crippen molar-refractivity contribution in [3.63, 3.8) is 0 Å². The van der Waals surface area contributed by atoms with Crippen LogP contribution in [0.3, 0.4) is 0 Å². The van der Waals surface area contributed by atoms with Gasteiger partial charge in [0.05, 0.1) is 15.6 Å². The molecule has 0 fully saturated rings. The number of nitro benzene ring substituents is 1. The molecule has 76 valence electrons. The van der Waals surface area contributed by atoms with Crippen molar-refractivity contribution in [2.75, 3.05) is 0 Å². The van der Waals surface area contributed by atoms with Gasteiger partial charge in [-0.3, -0.25) is 10.1 Å². The summed E-state index contributed by atoms with van der Waals surface area (Å²) in [6.07, 6.45) is 0. The molecule has 1 aliphatic rings. The second-order valence-electron chi connectivity index (χ2n) is 2.67. The van der Waals surface area contributed by atoms with Crippen LogP contribution in [0, 0.1) is 10.1 Å². The molecule has 2 rings (SSSR count). The Morgan fingerprint density at radius 3 is 2.47 bits per heavy atom. The molecule has 1 heterocycles. The van der Waals surface area contributed by atoms with Crippen molar-refractivity contribution in [3.8, 4) is 0 Å². The van der Waals surface area contributed by atoms with Crippen LogP contribution in [0.1, 0.15) is 0 Å². The van der Waals surface area contributed by atoms with Crippen molar-refractivity contribution >= 4 is 21.1 Å². The highest BCUT2D eigenvalue weighted by atomic mass is 32.2. The van der Waals surface area contributed by atoms with E-state index in [2.05, 4.69) is 9.98 Å². The van der Waals surface area contributed by atoms with Crippen molar-refractivity contribution in [1.82, 2.24) is 0 Å². The number of rotatable bonds is 1. The summed E-state index contributed by atoms with van der Waals surface area (Å²) in [4.78, 5) is 17.1. The van der Waals surface area contributed by atoms with Gasteiger partial charge >= 0.3 is 0 Å². The van der Waals surface area contributed by atoms with E-state index in [1.807, 2.05) is 0 Å². The number of nitro groups is 1. The third-order valence-corrected chi connectivity index (χ3v) is 2.23. The molecule has 1 aromatic carbocycles. The van der Waals surface area contributed by atoms with E-state index >= 15 is 0 Å². The highest BCUT2D eigenvalue weighted by Gasteiger charge is 2.10. The Morgan fingerprint density at radius 1 is 1.20 bits per heavy atom. The molecule has 0 aromatic heterocycles. The first-order valence-electron chi connectivity index (χ1n) is 3.76. The molecule has 0 spiro atoms. The van der Waals surface area contributed by atoms with Crippen molar-refractivity contribution in [2.24, 2.45) is 9.98 Å². The molecular weight excluding hydrogens is 222 g/mol. The van der Waals surface area contributed by atoms with Gasteiger partial charge in [0.25, 0.3) is 21.1 Å². The Bertz CT molecular complexity index is 696. The lowest BCUT2D eigenvalue weighted by atomic mass is 10.3. The average molecular weight is 225 g/mol. The molecule has 0 unspecified atom stereocenters. The zero-order valence-electron chi connectivity index (χ0n) is 7.11. The molecule has 15 heavy (non-hydrogen) atoms. The van der Waals surface area contributed by atoms with Crippen molar-refractivity contribution < 1.29 is 13.3 Å². The molecule has 0 radical (unpaired) electrons. The number of nitrogens with zero attached hydrogens (tertiary/aromatic N) is 3. The fraction of sp³-hybridized carbons (Fsp3) is 0. The minimum atomic E-state index is -2.52. The summed E-state index contributed by atoms with van der Waals surface area (Å²) < 4.78 is 21.1. The molecule has 0 aliphatic carbocycles. The normalized spacial score (nSPS) is 12.7. The molecule has 0 N–H and O–H groups in total. The summed E-state index contributed by atoms with van der Waals surface area (Å²) in [5.41, 5.74) is -0.148. The minimum absolute atomic E-state index is 0.148. The lowest BCUT2D eigenvalue weighted by Crippen LogP contribution is -2.21. The molecule has 0 amide bonds. The highest BCUT2D eigenvalue weighted by molar-refractivity contribution is 7.72. The molecule has 0 saturated carbocycles. The van der Waals surface area contributed by atoms with Crippen LogP contribution in [0.2, 0.25) is 0 Å². The Balaban J connectivity index is 2.78. The van der Waals surface area contributed by atoms with Crippen LogP contribution in [0.4, 0.5) is 5.69 Å². The van der Waals surface area contributed by atoms with Gasteiger partial charge in [-0.2, -0.15) is 8.42 Å². The third-order valence-electron chi connectivity index (χ3n) is 1.75. The fourth-order valence-corrected chi connectivity index (χ4v) is 1.46. The summed E-state index contributed by atoms with van der Waals surface area (Å²) >= 11 is 0. The van der Waals surface area contributed by atoms with E-state index in [1.54, 1.807) is 0 Å². The molecule has 0 bridgehead atoms. The summed E-state index contributed by atoms with van der Waals surface area (Å²) in [5, 5.41) is 10.6. The Morgan fingerprint density at radius 2 is 1.87 bits per heavy atom. The smallest absolute Gasteiger partial charge is 0.258 e. The van der Waals surface area contributed by atoms with Crippen LogP contribution in [-0.4, -0.2) is 18.5 Å². The largest absolute Gasteiger partial charge is 0.277 e. The molecule has 1 aromatic rings. The SMILES string of the molecule is O=[N+]([O-])c1ccc2c(c1)=NC(=S(=O)=O)N=2. The lowest BCUT2D eigenvalue weighted by Gasteiger charge is -1.86. The van der Waals surface area contributed by atoms with Crippen LogP contribution in [0.25, 0.3) is 0 Å². The molecule has 0 saturated heterocycles. The monoisotopic (exact) mass is 225 g/mol. The van der Waals surface area contributed by atoms with Gasteiger partial charge in [-0.05, 0) is 6.07 Å². The predicted octanol–water partition coefficient (Wildman–Crippen LogP) is -1.19. The van der Waals surface area contributed by atoms with Gasteiger partial charge in [0.2, 0.25) is 0 Å². The van der Waals surface area contributed by atoms with E-state index in [0.29, 0.717) is 5.36 Å². The van der Waals surface area contributed by atoms with Gasteiger partial charge in [-0.25, -0.2) is 9.98 Å². The molecular formula is C7H3N3O4S. The summed E-state index contributed by atoms with van der Waals surface area (Å²) in [6, 6.07) is 3.78. The quantitative estimate of drug-likeness (QED) is 0.340. The fourth-order valence-electron chi connectivity index (χ4n) is 1.12. The van der Waals surface area contributed by atoms with E-state index in [4.69, 9.17) is 0 Å². The maximum absolute atomic E-state index is 10.5. The van der Waals surface area contributed by atoms with Gasteiger partial charge in [0, 0.05) is 12.1 Å².